The lowest BCUT2D eigenvalue weighted by Crippen LogP contribution is -1.72. The summed E-state index contributed by atoms with van der Waals surface area (Å²) in [6.45, 7) is 5.50. The molecule has 0 rings (SSSR count). The zero-order valence-corrected chi connectivity index (χ0v) is 5.07. The molecule has 0 unspecified atom stereocenters. The molecular formula is C7H10O. The fourth-order valence-electron chi connectivity index (χ4n) is 0.269. The molecule has 0 saturated heterocycles. The number of aliphatic hydroxyl groups excluding tert-OH is 1. The monoisotopic (exact) mass is 110 g/mol. The van der Waals surface area contributed by atoms with Crippen molar-refractivity contribution in [1.29, 1.82) is 0 Å². The minimum Gasteiger partial charge on any atom is -0.384 e. The Balaban J connectivity index is 3.29. The second-order valence-electron chi connectivity index (χ2n) is 1.65. The van der Waals surface area contributed by atoms with Gasteiger partial charge in [-0.2, -0.15) is 0 Å². The molecule has 0 aromatic rings. The molecule has 1 nitrogen and oxygen atoms in total. The SMILES string of the molecule is C=C(C)CC#CCO. The zero-order valence-electron chi connectivity index (χ0n) is 5.07. The van der Waals surface area contributed by atoms with Crippen molar-refractivity contribution in [3.63, 3.8) is 0 Å². The lowest BCUT2D eigenvalue weighted by molar-refractivity contribution is 0.350. The smallest absolute Gasteiger partial charge is 0.104 e. The Kier molecular flexibility index (Phi) is 4.01. The molecule has 0 aliphatic carbocycles. The molecule has 0 radical (unpaired) electrons. The highest BCUT2D eigenvalue weighted by molar-refractivity contribution is 5.08. The predicted octanol–water partition coefficient (Wildman–Crippen LogP) is 0.948. The normalized spacial score (nSPS) is 7.25. The fraction of sp³-hybridized carbons (Fsp3) is 0.429. The van der Waals surface area contributed by atoms with Gasteiger partial charge in [0, 0.05) is 6.42 Å². The van der Waals surface area contributed by atoms with Gasteiger partial charge in [0.2, 0.25) is 0 Å². The Labute approximate surface area is 50.0 Å². The van der Waals surface area contributed by atoms with Crippen LogP contribution in [-0.2, 0) is 0 Å². The summed E-state index contributed by atoms with van der Waals surface area (Å²) in [5.74, 6) is 5.26. The van der Waals surface area contributed by atoms with Gasteiger partial charge in [-0.25, -0.2) is 0 Å². The van der Waals surface area contributed by atoms with Crippen LogP contribution in [0.15, 0.2) is 12.2 Å². The molecule has 0 bridgehead atoms. The average Bonchev–Trinajstić information content (AvgIpc) is 1.66. The van der Waals surface area contributed by atoms with Gasteiger partial charge in [0.05, 0.1) is 0 Å². The first kappa shape index (κ1) is 7.26. The molecule has 0 saturated carbocycles. The van der Waals surface area contributed by atoms with Gasteiger partial charge in [-0.1, -0.05) is 24.0 Å². The van der Waals surface area contributed by atoms with Crippen LogP contribution in [0.2, 0.25) is 0 Å². The minimum atomic E-state index is -0.0483. The summed E-state index contributed by atoms with van der Waals surface area (Å²) in [6, 6.07) is 0. The highest BCUT2D eigenvalue weighted by atomic mass is 16.2. The van der Waals surface area contributed by atoms with Crippen molar-refractivity contribution in [3.05, 3.63) is 12.2 Å². The standard InChI is InChI=1S/C7H10O/c1-7(2)5-3-4-6-8/h8H,1,5-6H2,2H3. The third kappa shape index (κ3) is 5.26. The summed E-state index contributed by atoms with van der Waals surface area (Å²) in [7, 11) is 0. The Morgan fingerprint density at radius 2 is 2.25 bits per heavy atom. The first-order chi connectivity index (χ1) is 3.77. The molecule has 0 aromatic heterocycles. The molecular weight excluding hydrogens is 100 g/mol. The summed E-state index contributed by atoms with van der Waals surface area (Å²) < 4.78 is 0. The van der Waals surface area contributed by atoms with Crippen LogP contribution in [0.4, 0.5) is 0 Å². The van der Waals surface area contributed by atoms with Gasteiger partial charge in [0.15, 0.2) is 0 Å². The van der Waals surface area contributed by atoms with E-state index in [0.29, 0.717) is 6.42 Å². The maximum Gasteiger partial charge on any atom is 0.104 e. The van der Waals surface area contributed by atoms with Crippen molar-refractivity contribution in [3.8, 4) is 11.8 Å². The number of aliphatic hydroxyl groups is 1. The number of rotatable bonds is 1. The van der Waals surface area contributed by atoms with Crippen LogP contribution < -0.4 is 0 Å². The van der Waals surface area contributed by atoms with Crippen LogP contribution in [0.25, 0.3) is 0 Å². The second-order valence-corrected chi connectivity index (χ2v) is 1.65. The van der Waals surface area contributed by atoms with E-state index in [-0.39, 0.29) is 6.61 Å². The molecule has 0 heterocycles. The van der Waals surface area contributed by atoms with E-state index < -0.39 is 0 Å². The van der Waals surface area contributed by atoms with Gasteiger partial charge in [-0.05, 0) is 6.92 Å². The lowest BCUT2D eigenvalue weighted by atomic mass is 10.2. The quantitative estimate of drug-likeness (QED) is 0.393. The van der Waals surface area contributed by atoms with Crippen LogP contribution in [0.5, 0.6) is 0 Å². The first-order valence-corrected chi connectivity index (χ1v) is 2.48. The Morgan fingerprint density at radius 3 is 2.62 bits per heavy atom. The number of hydrogen-bond donors (Lipinski definition) is 1. The molecule has 1 N–H and O–H groups in total. The summed E-state index contributed by atoms with van der Waals surface area (Å²) in [4.78, 5) is 0. The molecule has 0 amide bonds. The minimum absolute atomic E-state index is 0.0483. The highest BCUT2D eigenvalue weighted by Gasteiger charge is 1.74. The maximum absolute atomic E-state index is 8.18. The van der Waals surface area contributed by atoms with Gasteiger partial charge in [-0.15, -0.1) is 0 Å². The molecule has 0 aliphatic rings. The molecule has 0 atom stereocenters. The van der Waals surface area contributed by atoms with E-state index in [1.807, 2.05) is 6.92 Å². The number of allylic oxidation sites excluding steroid dienone is 1. The van der Waals surface area contributed by atoms with Gasteiger partial charge in [0.25, 0.3) is 0 Å². The Hall–Kier alpha value is -0.740. The third-order valence-electron chi connectivity index (χ3n) is 0.594. The van der Waals surface area contributed by atoms with Gasteiger partial charge in [0.1, 0.15) is 6.61 Å². The average molecular weight is 110 g/mol. The van der Waals surface area contributed by atoms with Crippen molar-refractivity contribution in [1.82, 2.24) is 0 Å². The Morgan fingerprint density at radius 1 is 1.62 bits per heavy atom. The van der Waals surface area contributed by atoms with Gasteiger partial charge in [-0.3, -0.25) is 0 Å². The van der Waals surface area contributed by atoms with Crippen molar-refractivity contribution in [2.75, 3.05) is 6.61 Å². The topological polar surface area (TPSA) is 20.2 Å². The molecule has 0 aromatic carbocycles. The molecule has 44 valence electrons. The largest absolute Gasteiger partial charge is 0.384 e. The summed E-state index contributed by atoms with van der Waals surface area (Å²) in [5, 5.41) is 8.18. The van der Waals surface area contributed by atoms with Crippen molar-refractivity contribution < 1.29 is 5.11 Å². The van der Waals surface area contributed by atoms with Crippen molar-refractivity contribution in [2.45, 2.75) is 13.3 Å². The van der Waals surface area contributed by atoms with E-state index >= 15 is 0 Å². The van der Waals surface area contributed by atoms with Crippen LogP contribution in [0, 0.1) is 11.8 Å². The molecule has 1 heteroatoms. The highest BCUT2D eigenvalue weighted by Crippen LogP contribution is 1.90. The van der Waals surface area contributed by atoms with Gasteiger partial charge < -0.3 is 5.11 Å². The zero-order chi connectivity index (χ0) is 6.41. The summed E-state index contributed by atoms with van der Waals surface area (Å²) >= 11 is 0. The third-order valence-corrected chi connectivity index (χ3v) is 0.594. The summed E-state index contributed by atoms with van der Waals surface area (Å²) in [6.07, 6.45) is 0.695. The lowest BCUT2D eigenvalue weighted by Gasteiger charge is -1.82. The second kappa shape index (κ2) is 4.42. The summed E-state index contributed by atoms with van der Waals surface area (Å²) in [5.41, 5.74) is 1.03. The Bertz CT molecular complexity index is 125. The van der Waals surface area contributed by atoms with Gasteiger partial charge >= 0.3 is 0 Å². The van der Waals surface area contributed by atoms with Crippen LogP contribution in [0.1, 0.15) is 13.3 Å². The first-order valence-electron chi connectivity index (χ1n) is 2.48. The molecule has 0 aliphatic heterocycles. The predicted molar refractivity (Wildman–Crippen MR) is 34.3 cm³/mol. The van der Waals surface area contributed by atoms with Crippen molar-refractivity contribution >= 4 is 0 Å². The fourth-order valence-corrected chi connectivity index (χ4v) is 0.269. The van der Waals surface area contributed by atoms with Crippen molar-refractivity contribution in [2.24, 2.45) is 0 Å². The maximum atomic E-state index is 8.18. The molecule has 8 heavy (non-hydrogen) atoms. The van der Waals surface area contributed by atoms with E-state index in [9.17, 15) is 0 Å². The van der Waals surface area contributed by atoms with E-state index in [4.69, 9.17) is 5.11 Å². The van der Waals surface area contributed by atoms with E-state index in [1.165, 1.54) is 0 Å². The molecule has 0 fully saturated rings. The van der Waals surface area contributed by atoms with Crippen LogP contribution >= 0.6 is 0 Å². The van der Waals surface area contributed by atoms with E-state index in [1.54, 1.807) is 0 Å². The van der Waals surface area contributed by atoms with E-state index in [2.05, 4.69) is 18.4 Å². The van der Waals surface area contributed by atoms with Crippen LogP contribution in [0.3, 0.4) is 0 Å². The molecule has 0 spiro atoms. The van der Waals surface area contributed by atoms with E-state index in [0.717, 1.165) is 5.57 Å². The van der Waals surface area contributed by atoms with Crippen LogP contribution in [-0.4, -0.2) is 11.7 Å². The number of hydrogen-bond acceptors (Lipinski definition) is 1.